The van der Waals surface area contributed by atoms with Crippen molar-refractivity contribution in [3.63, 3.8) is 0 Å². The van der Waals surface area contributed by atoms with Crippen LogP contribution in [0.1, 0.15) is 29.9 Å². The molecule has 2 rings (SSSR count). The molecule has 0 bridgehead atoms. The number of carbonyl (C=O) groups is 3. The summed E-state index contributed by atoms with van der Waals surface area (Å²) in [5.74, 6) is -0.987. The topological polar surface area (TPSA) is 66.5 Å². The van der Waals surface area contributed by atoms with Crippen LogP contribution in [0.2, 0.25) is 4.34 Å². The molecule has 0 saturated carbocycles. The molecule has 1 aromatic heterocycles. The fourth-order valence-corrected chi connectivity index (χ4v) is 2.92. The van der Waals surface area contributed by atoms with Gasteiger partial charge in [0.25, 0.3) is 11.8 Å². The van der Waals surface area contributed by atoms with E-state index in [1.165, 1.54) is 4.90 Å². The number of amides is 3. The molecule has 0 aliphatic carbocycles. The molecule has 1 fully saturated rings. The minimum Gasteiger partial charge on any atom is -0.339 e. The molecular weight excluding hydrogens is 288 g/mol. The molecule has 19 heavy (non-hydrogen) atoms. The second kappa shape index (κ2) is 5.30. The van der Waals surface area contributed by atoms with Crippen molar-refractivity contribution in [3.05, 3.63) is 21.3 Å². The number of hydrogen-bond acceptors (Lipinski definition) is 4. The van der Waals surface area contributed by atoms with Gasteiger partial charge in [0.15, 0.2) is 0 Å². The molecule has 0 spiro atoms. The second-order valence-electron chi connectivity index (χ2n) is 4.53. The van der Waals surface area contributed by atoms with Crippen molar-refractivity contribution in [2.24, 2.45) is 0 Å². The Hall–Kier alpha value is -1.40. The quantitative estimate of drug-likeness (QED) is 0.864. The highest BCUT2D eigenvalue weighted by molar-refractivity contribution is 7.18. The Morgan fingerprint density at radius 2 is 2.16 bits per heavy atom. The predicted octanol–water partition coefficient (Wildman–Crippen LogP) is 1.67. The standard InChI is InChI=1S/C12H13ClN2O3S/c1-6(2)15-10(16)5-7(12(15)18)14-11(17)8-3-4-9(13)19-8/h3-4,6-7H,5H2,1-2H3,(H,14,17)/t7-/m0/s1. The van der Waals surface area contributed by atoms with Gasteiger partial charge in [-0.3, -0.25) is 19.3 Å². The van der Waals surface area contributed by atoms with Crippen LogP contribution in [0.15, 0.2) is 12.1 Å². The zero-order valence-electron chi connectivity index (χ0n) is 10.5. The largest absolute Gasteiger partial charge is 0.339 e. The van der Waals surface area contributed by atoms with Crippen LogP contribution in [-0.2, 0) is 9.59 Å². The van der Waals surface area contributed by atoms with Crippen LogP contribution in [0.5, 0.6) is 0 Å². The Morgan fingerprint density at radius 3 is 2.63 bits per heavy atom. The van der Waals surface area contributed by atoms with Gasteiger partial charge < -0.3 is 5.32 Å². The van der Waals surface area contributed by atoms with E-state index in [0.717, 1.165) is 11.3 Å². The number of halogens is 1. The van der Waals surface area contributed by atoms with Gasteiger partial charge in [0.2, 0.25) is 5.91 Å². The fourth-order valence-electron chi connectivity index (χ4n) is 1.97. The van der Waals surface area contributed by atoms with Crippen LogP contribution < -0.4 is 5.32 Å². The maximum atomic E-state index is 12.0. The summed E-state index contributed by atoms with van der Waals surface area (Å²) in [7, 11) is 0. The summed E-state index contributed by atoms with van der Waals surface area (Å²) in [4.78, 5) is 37.2. The van der Waals surface area contributed by atoms with E-state index in [1.54, 1.807) is 26.0 Å². The molecule has 7 heteroatoms. The van der Waals surface area contributed by atoms with Crippen molar-refractivity contribution in [3.8, 4) is 0 Å². The van der Waals surface area contributed by atoms with Gasteiger partial charge in [-0.15, -0.1) is 11.3 Å². The maximum Gasteiger partial charge on any atom is 0.262 e. The smallest absolute Gasteiger partial charge is 0.262 e. The number of hydrogen-bond donors (Lipinski definition) is 1. The van der Waals surface area contributed by atoms with Gasteiger partial charge in [0.05, 0.1) is 15.6 Å². The van der Waals surface area contributed by atoms with Crippen molar-refractivity contribution >= 4 is 40.7 Å². The third kappa shape index (κ3) is 2.79. The van der Waals surface area contributed by atoms with Crippen molar-refractivity contribution in [2.45, 2.75) is 32.4 Å². The minimum absolute atomic E-state index is 0.0157. The van der Waals surface area contributed by atoms with Crippen molar-refractivity contribution in [1.29, 1.82) is 0 Å². The lowest BCUT2D eigenvalue weighted by atomic mass is 10.2. The molecule has 1 atom stereocenters. The first-order chi connectivity index (χ1) is 8.90. The molecule has 5 nitrogen and oxygen atoms in total. The van der Waals surface area contributed by atoms with Crippen LogP contribution >= 0.6 is 22.9 Å². The van der Waals surface area contributed by atoms with Gasteiger partial charge >= 0.3 is 0 Å². The number of nitrogens with zero attached hydrogens (tertiary/aromatic N) is 1. The molecule has 0 unspecified atom stereocenters. The first kappa shape index (κ1) is 14.0. The summed E-state index contributed by atoms with van der Waals surface area (Å²) >= 11 is 6.88. The Bertz CT molecular complexity index is 541. The van der Waals surface area contributed by atoms with E-state index in [4.69, 9.17) is 11.6 Å². The maximum absolute atomic E-state index is 12.0. The van der Waals surface area contributed by atoms with E-state index in [2.05, 4.69) is 5.32 Å². The summed E-state index contributed by atoms with van der Waals surface area (Å²) in [5.41, 5.74) is 0. The first-order valence-electron chi connectivity index (χ1n) is 5.82. The minimum atomic E-state index is -0.775. The molecule has 1 saturated heterocycles. The van der Waals surface area contributed by atoms with Crippen molar-refractivity contribution < 1.29 is 14.4 Å². The average molecular weight is 301 g/mol. The SMILES string of the molecule is CC(C)N1C(=O)C[C@H](NC(=O)c2ccc(Cl)s2)C1=O. The molecule has 0 radical (unpaired) electrons. The van der Waals surface area contributed by atoms with Crippen molar-refractivity contribution in [1.82, 2.24) is 10.2 Å². The number of carbonyl (C=O) groups excluding carboxylic acids is 3. The highest BCUT2D eigenvalue weighted by Gasteiger charge is 2.40. The van der Waals surface area contributed by atoms with E-state index in [9.17, 15) is 14.4 Å². The average Bonchev–Trinajstić information content (AvgIpc) is 2.84. The molecule has 0 aromatic carbocycles. The number of imide groups is 1. The molecule has 1 aliphatic heterocycles. The molecule has 102 valence electrons. The van der Waals surface area contributed by atoms with Gasteiger partial charge in [-0.05, 0) is 26.0 Å². The summed E-state index contributed by atoms with van der Waals surface area (Å²) in [6.07, 6.45) is 0.0157. The zero-order chi connectivity index (χ0) is 14.2. The predicted molar refractivity (Wildman–Crippen MR) is 72.2 cm³/mol. The van der Waals surface area contributed by atoms with E-state index in [1.807, 2.05) is 0 Å². The Morgan fingerprint density at radius 1 is 1.47 bits per heavy atom. The molecule has 1 aromatic rings. The van der Waals surface area contributed by atoms with Gasteiger partial charge in [0.1, 0.15) is 6.04 Å². The van der Waals surface area contributed by atoms with E-state index < -0.39 is 6.04 Å². The highest BCUT2D eigenvalue weighted by atomic mass is 35.5. The molecule has 3 amide bonds. The number of likely N-dealkylation sites (tertiary alicyclic amines) is 1. The van der Waals surface area contributed by atoms with Crippen LogP contribution in [-0.4, -0.2) is 34.7 Å². The monoisotopic (exact) mass is 300 g/mol. The third-order valence-electron chi connectivity index (χ3n) is 2.80. The zero-order valence-corrected chi connectivity index (χ0v) is 12.0. The Labute approximate surface area is 119 Å². The Balaban J connectivity index is 2.07. The summed E-state index contributed by atoms with van der Waals surface area (Å²) in [5, 5.41) is 2.57. The number of rotatable bonds is 3. The lowest BCUT2D eigenvalue weighted by Gasteiger charge is -2.19. The lowest BCUT2D eigenvalue weighted by molar-refractivity contribution is -0.140. The highest BCUT2D eigenvalue weighted by Crippen LogP contribution is 2.22. The van der Waals surface area contributed by atoms with Gasteiger partial charge in [-0.2, -0.15) is 0 Å². The number of nitrogens with one attached hydrogen (secondary N) is 1. The number of thiophene rings is 1. The van der Waals surface area contributed by atoms with Crippen LogP contribution in [0.4, 0.5) is 0 Å². The molecule has 1 aliphatic rings. The summed E-state index contributed by atoms with van der Waals surface area (Å²) in [6, 6.07) is 2.23. The molecule has 1 N–H and O–H groups in total. The second-order valence-corrected chi connectivity index (χ2v) is 6.24. The van der Waals surface area contributed by atoms with E-state index in [-0.39, 0.29) is 30.2 Å². The molecule has 2 heterocycles. The fraction of sp³-hybridized carbons (Fsp3) is 0.417. The van der Waals surface area contributed by atoms with E-state index in [0.29, 0.717) is 9.21 Å². The molecular formula is C12H13ClN2O3S. The van der Waals surface area contributed by atoms with Crippen LogP contribution in [0.3, 0.4) is 0 Å². The summed E-state index contributed by atoms with van der Waals surface area (Å²) < 4.78 is 0.503. The van der Waals surface area contributed by atoms with Gasteiger partial charge in [-0.25, -0.2) is 0 Å². The van der Waals surface area contributed by atoms with Crippen LogP contribution in [0.25, 0.3) is 0 Å². The van der Waals surface area contributed by atoms with Crippen molar-refractivity contribution in [2.75, 3.05) is 0 Å². The normalized spacial score (nSPS) is 19.4. The summed E-state index contributed by atoms with van der Waals surface area (Å²) in [6.45, 7) is 3.53. The Kier molecular flexibility index (Phi) is 3.91. The van der Waals surface area contributed by atoms with Gasteiger partial charge in [0, 0.05) is 6.04 Å². The van der Waals surface area contributed by atoms with Gasteiger partial charge in [-0.1, -0.05) is 11.6 Å². The van der Waals surface area contributed by atoms with E-state index >= 15 is 0 Å². The lowest BCUT2D eigenvalue weighted by Crippen LogP contribution is -2.43. The first-order valence-corrected chi connectivity index (χ1v) is 7.01. The van der Waals surface area contributed by atoms with Crippen LogP contribution in [0, 0.1) is 0 Å². The third-order valence-corrected chi connectivity index (χ3v) is 4.03.